The number of Topliss-reactive ketones (excluding diaryl/α,β-unsaturated/α-hetero) is 1. The van der Waals surface area contributed by atoms with E-state index in [1.165, 1.54) is 5.01 Å². The summed E-state index contributed by atoms with van der Waals surface area (Å²) in [6, 6.07) is 22.2. The van der Waals surface area contributed by atoms with Crippen LogP contribution in [0.25, 0.3) is 0 Å². The average molecular weight is 488 g/mol. The Bertz CT molecular complexity index is 1250. The molecule has 32 heavy (non-hydrogen) atoms. The SMILES string of the molecule is Cc1ccc(N2N=C(C(=O)c3ccccc3)[C@@H]3C(=O)N(c4ccc(Br)cc4)C(=O)[C@H]32)cc1. The number of hydrogen-bond donors (Lipinski definition) is 0. The van der Waals surface area contributed by atoms with Crippen LogP contribution in [0.5, 0.6) is 0 Å². The molecular weight excluding hydrogens is 470 g/mol. The second kappa shape index (κ2) is 7.84. The Hall–Kier alpha value is -3.58. The van der Waals surface area contributed by atoms with Crippen LogP contribution in [0.4, 0.5) is 11.4 Å². The first-order valence-corrected chi connectivity index (χ1v) is 10.9. The van der Waals surface area contributed by atoms with Gasteiger partial charge in [0.05, 0.1) is 11.4 Å². The van der Waals surface area contributed by atoms with Crippen molar-refractivity contribution in [3.8, 4) is 0 Å². The largest absolute Gasteiger partial charge is 0.287 e. The van der Waals surface area contributed by atoms with E-state index in [1.54, 1.807) is 48.5 Å². The Morgan fingerprint density at radius 2 is 1.47 bits per heavy atom. The van der Waals surface area contributed by atoms with Crippen LogP contribution >= 0.6 is 15.9 Å². The Balaban J connectivity index is 1.61. The van der Waals surface area contributed by atoms with Crippen molar-refractivity contribution in [2.45, 2.75) is 13.0 Å². The summed E-state index contributed by atoms with van der Waals surface area (Å²) in [5.74, 6) is -2.17. The number of amides is 2. The van der Waals surface area contributed by atoms with E-state index in [1.807, 2.05) is 37.3 Å². The Kier molecular flexibility index (Phi) is 4.98. The van der Waals surface area contributed by atoms with Crippen molar-refractivity contribution >= 4 is 50.6 Å². The summed E-state index contributed by atoms with van der Waals surface area (Å²) in [4.78, 5) is 41.5. The maximum Gasteiger partial charge on any atom is 0.259 e. The van der Waals surface area contributed by atoms with Crippen molar-refractivity contribution in [2.75, 3.05) is 9.91 Å². The van der Waals surface area contributed by atoms with E-state index in [9.17, 15) is 14.4 Å². The molecule has 1 saturated heterocycles. The fourth-order valence-corrected chi connectivity index (χ4v) is 4.36. The molecule has 7 heteroatoms. The summed E-state index contributed by atoms with van der Waals surface area (Å²) >= 11 is 3.37. The van der Waals surface area contributed by atoms with Crippen molar-refractivity contribution in [1.29, 1.82) is 0 Å². The number of nitrogens with zero attached hydrogens (tertiary/aromatic N) is 3. The van der Waals surface area contributed by atoms with Gasteiger partial charge in [-0.25, -0.2) is 4.90 Å². The number of carbonyl (C=O) groups excluding carboxylic acids is 3. The van der Waals surface area contributed by atoms with Crippen LogP contribution in [0.3, 0.4) is 0 Å². The Morgan fingerprint density at radius 1 is 0.844 bits per heavy atom. The molecule has 5 rings (SSSR count). The molecule has 0 aliphatic carbocycles. The molecule has 1 fully saturated rings. The molecule has 0 N–H and O–H groups in total. The number of fused-ring (bicyclic) bond motifs is 1. The third-order valence-electron chi connectivity index (χ3n) is 5.70. The second-order valence-corrected chi connectivity index (χ2v) is 8.69. The minimum Gasteiger partial charge on any atom is -0.287 e. The van der Waals surface area contributed by atoms with Crippen LogP contribution in [-0.4, -0.2) is 29.4 Å². The van der Waals surface area contributed by atoms with Gasteiger partial charge in [-0.15, -0.1) is 0 Å². The van der Waals surface area contributed by atoms with E-state index in [0.717, 1.165) is 14.9 Å². The number of rotatable bonds is 4. The highest BCUT2D eigenvalue weighted by molar-refractivity contribution is 9.10. The molecule has 2 heterocycles. The molecular formula is C25H18BrN3O3. The van der Waals surface area contributed by atoms with Crippen molar-refractivity contribution in [3.05, 3.63) is 94.5 Å². The molecule has 0 radical (unpaired) electrons. The number of aryl methyl sites for hydroxylation is 1. The highest BCUT2D eigenvalue weighted by atomic mass is 79.9. The molecule has 158 valence electrons. The van der Waals surface area contributed by atoms with Crippen molar-refractivity contribution < 1.29 is 14.4 Å². The van der Waals surface area contributed by atoms with E-state index in [2.05, 4.69) is 21.0 Å². The lowest BCUT2D eigenvalue weighted by Crippen LogP contribution is -2.39. The summed E-state index contributed by atoms with van der Waals surface area (Å²) in [6.45, 7) is 1.96. The van der Waals surface area contributed by atoms with E-state index >= 15 is 0 Å². The first-order valence-electron chi connectivity index (χ1n) is 10.1. The third-order valence-corrected chi connectivity index (χ3v) is 6.23. The molecule has 2 aliphatic rings. The van der Waals surface area contributed by atoms with Crippen LogP contribution in [0.15, 0.2) is 88.4 Å². The van der Waals surface area contributed by atoms with Crippen LogP contribution in [0.2, 0.25) is 0 Å². The van der Waals surface area contributed by atoms with Gasteiger partial charge in [0.15, 0.2) is 0 Å². The number of halogens is 1. The van der Waals surface area contributed by atoms with E-state index < -0.39 is 23.8 Å². The van der Waals surface area contributed by atoms with Crippen LogP contribution < -0.4 is 9.91 Å². The maximum absolute atomic E-state index is 13.5. The normalized spacial score (nSPS) is 19.9. The van der Waals surface area contributed by atoms with E-state index in [0.29, 0.717) is 16.9 Å². The summed E-state index contributed by atoms with van der Waals surface area (Å²) < 4.78 is 0.836. The van der Waals surface area contributed by atoms with Gasteiger partial charge < -0.3 is 0 Å². The summed E-state index contributed by atoms with van der Waals surface area (Å²) in [5, 5.41) is 6.03. The van der Waals surface area contributed by atoms with Gasteiger partial charge in [0.25, 0.3) is 5.91 Å². The number of anilines is 2. The van der Waals surface area contributed by atoms with Gasteiger partial charge in [0, 0.05) is 10.0 Å². The third kappa shape index (κ3) is 3.26. The van der Waals surface area contributed by atoms with Crippen molar-refractivity contribution in [1.82, 2.24) is 0 Å². The monoisotopic (exact) mass is 487 g/mol. The van der Waals surface area contributed by atoms with Crippen molar-refractivity contribution in [2.24, 2.45) is 11.0 Å². The van der Waals surface area contributed by atoms with Crippen LogP contribution in [-0.2, 0) is 9.59 Å². The van der Waals surface area contributed by atoms with Gasteiger partial charge in [0.2, 0.25) is 11.7 Å². The van der Waals surface area contributed by atoms with E-state index in [-0.39, 0.29) is 11.5 Å². The minimum atomic E-state index is -0.972. The predicted molar refractivity (Wildman–Crippen MR) is 126 cm³/mol. The lowest BCUT2D eigenvalue weighted by molar-refractivity contribution is -0.121. The van der Waals surface area contributed by atoms with Gasteiger partial charge in [-0.2, -0.15) is 5.10 Å². The summed E-state index contributed by atoms with van der Waals surface area (Å²) in [6.07, 6.45) is 0. The molecule has 3 aromatic rings. The average Bonchev–Trinajstić information content (AvgIpc) is 3.32. The molecule has 3 aromatic carbocycles. The zero-order valence-corrected chi connectivity index (χ0v) is 18.7. The van der Waals surface area contributed by atoms with Gasteiger partial charge in [-0.1, -0.05) is 64.0 Å². The number of ketones is 1. The number of benzene rings is 3. The Morgan fingerprint density at radius 3 is 2.12 bits per heavy atom. The topological polar surface area (TPSA) is 70.1 Å². The fraction of sp³-hybridized carbons (Fsp3) is 0.120. The molecule has 0 spiro atoms. The molecule has 2 atom stereocenters. The number of carbonyl (C=O) groups is 3. The molecule has 2 aliphatic heterocycles. The highest BCUT2D eigenvalue weighted by Gasteiger charge is 2.58. The van der Waals surface area contributed by atoms with Gasteiger partial charge in [0.1, 0.15) is 17.7 Å². The second-order valence-electron chi connectivity index (χ2n) is 7.77. The first kappa shape index (κ1) is 20.3. The molecule has 0 unspecified atom stereocenters. The molecule has 2 amide bonds. The molecule has 0 aromatic heterocycles. The van der Waals surface area contributed by atoms with Gasteiger partial charge in [-0.3, -0.25) is 19.4 Å². The fourth-order valence-electron chi connectivity index (χ4n) is 4.09. The maximum atomic E-state index is 13.5. The summed E-state index contributed by atoms with van der Waals surface area (Å²) in [7, 11) is 0. The van der Waals surface area contributed by atoms with Gasteiger partial charge >= 0.3 is 0 Å². The predicted octanol–water partition coefficient (Wildman–Crippen LogP) is 4.37. The lowest BCUT2D eigenvalue weighted by atomic mass is 9.92. The molecule has 0 bridgehead atoms. The molecule has 0 saturated carbocycles. The van der Waals surface area contributed by atoms with Crippen molar-refractivity contribution in [3.63, 3.8) is 0 Å². The Labute approximate surface area is 193 Å². The number of imide groups is 1. The smallest absolute Gasteiger partial charge is 0.259 e. The number of hydrogen-bond acceptors (Lipinski definition) is 5. The number of hydrazone groups is 1. The minimum absolute atomic E-state index is 0.0831. The highest BCUT2D eigenvalue weighted by Crippen LogP contribution is 2.38. The van der Waals surface area contributed by atoms with Crippen LogP contribution in [0.1, 0.15) is 15.9 Å². The summed E-state index contributed by atoms with van der Waals surface area (Å²) in [5.41, 5.74) is 2.69. The first-order chi connectivity index (χ1) is 15.5. The molecule has 6 nitrogen and oxygen atoms in total. The van der Waals surface area contributed by atoms with Crippen LogP contribution in [0, 0.1) is 12.8 Å². The quantitative estimate of drug-likeness (QED) is 0.404. The van der Waals surface area contributed by atoms with E-state index in [4.69, 9.17) is 0 Å². The zero-order valence-electron chi connectivity index (χ0n) is 17.1. The standard InChI is InChI=1S/C25H18BrN3O3/c1-15-7-11-19(12-8-15)29-22-20(21(27-29)23(30)16-5-3-2-4-6-16)24(31)28(25(22)32)18-13-9-17(26)10-14-18/h2-14,20,22H,1H3/t20-,22-/m0/s1. The van der Waals surface area contributed by atoms with Gasteiger partial charge in [-0.05, 0) is 43.3 Å². The zero-order chi connectivity index (χ0) is 22.4. The lowest BCUT2D eigenvalue weighted by Gasteiger charge is -2.22.